The molecule has 13 heteroatoms. The lowest BCUT2D eigenvalue weighted by Gasteiger charge is -2.10. The van der Waals surface area contributed by atoms with Crippen molar-refractivity contribution in [2.24, 2.45) is 0 Å². The van der Waals surface area contributed by atoms with Gasteiger partial charge < -0.3 is 20.1 Å². The Bertz CT molecular complexity index is 1560. The minimum Gasteiger partial charge on any atom is -0.539 e. The third-order valence-corrected chi connectivity index (χ3v) is 7.12. The molecule has 4 aromatic heterocycles. The van der Waals surface area contributed by atoms with Crippen LogP contribution in [0.3, 0.4) is 0 Å². The van der Waals surface area contributed by atoms with Crippen molar-refractivity contribution in [3.05, 3.63) is 64.0 Å². The van der Waals surface area contributed by atoms with E-state index in [-0.39, 0.29) is 15.4 Å². The van der Waals surface area contributed by atoms with Crippen LogP contribution in [-0.2, 0) is 6.18 Å². The number of pyridine rings is 1. The first kappa shape index (κ1) is 22.8. The van der Waals surface area contributed by atoms with E-state index in [9.17, 15) is 23.1 Å². The minimum atomic E-state index is -4.76. The summed E-state index contributed by atoms with van der Waals surface area (Å²) in [5.41, 5.74) is 4.51. The summed E-state index contributed by atoms with van der Waals surface area (Å²) in [5.74, 6) is -1.47. The van der Waals surface area contributed by atoms with Gasteiger partial charge in [0.2, 0.25) is 5.69 Å². The number of nitrogens with two attached hydrogens (primary N) is 1. The number of nitrogen functional groups attached to an aromatic ring is 1. The minimum absolute atomic E-state index is 0.0797. The Morgan fingerprint density at radius 1 is 1.23 bits per heavy atom. The van der Waals surface area contributed by atoms with Crippen LogP contribution < -0.4 is 20.3 Å². The average molecular weight is 518 g/mol. The van der Waals surface area contributed by atoms with Gasteiger partial charge in [-0.25, -0.2) is 4.98 Å². The van der Waals surface area contributed by atoms with E-state index >= 15 is 0 Å². The molecule has 0 saturated carbocycles. The highest BCUT2D eigenvalue weighted by Crippen LogP contribution is 2.44. The van der Waals surface area contributed by atoms with Gasteiger partial charge in [-0.2, -0.15) is 13.2 Å². The molecule has 0 aliphatic carbocycles. The number of hydrogen-bond donors (Lipinski definition) is 1. The highest BCUT2D eigenvalue weighted by Gasteiger charge is 2.38. The number of carbonyl (C=O) groups is 1. The Hall–Kier alpha value is -3.97. The van der Waals surface area contributed by atoms with Crippen molar-refractivity contribution in [3.8, 4) is 28.0 Å². The molecule has 0 aliphatic heterocycles. The first-order valence-corrected chi connectivity index (χ1v) is 11.5. The molecule has 0 fully saturated rings. The zero-order chi connectivity index (χ0) is 24.9. The van der Waals surface area contributed by atoms with Crippen molar-refractivity contribution < 1.29 is 37.0 Å². The molecule has 5 rings (SSSR count). The number of methoxy groups -OCH3 is 1. The summed E-state index contributed by atoms with van der Waals surface area (Å²) in [6.45, 7) is 0. The number of ether oxygens (including phenoxy) is 1. The Labute approximate surface area is 202 Å². The second-order valence-corrected chi connectivity index (χ2v) is 9.15. The van der Waals surface area contributed by atoms with E-state index in [4.69, 9.17) is 10.5 Å². The second kappa shape index (κ2) is 8.36. The van der Waals surface area contributed by atoms with Crippen molar-refractivity contribution >= 4 is 44.4 Å². The Morgan fingerprint density at radius 3 is 2.60 bits per heavy atom. The summed E-state index contributed by atoms with van der Waals surface area (Å²) in [6, 6.07) is 10.5. The SMILES string of the molecule is COc1ccc(-[n+]2noc([O-])c2C(=O)c2sc3nc(-c4cccs4)cc(C(F)(F)F)c3c2N)cc1. The van der Waals surface area contributed by atoms with Crippen LogP contribution in [0.5, 0.6) is 11.7 Å². The number of aromatic nitrogens is 3. The molecular formula is C22H13F3N4O4S2. The van der Waals surface area contributed by atoms with Crippen molar-refractivity contribution in [2.45, 2.75) is 6.18 Å². The van der Waals surface area contributed by atoms with Crippen LogP contribution in [0.2, 0.25) is 0 Å². The molecule has 1 aromatic carbocycles. The number of thiophene rings is 2. The van der Waals surface area contributed by atoms with Crippen LogP contribution in [0.15, 0.2) is 52.4 Å². The number of hydrogen-bond acceptors (Lipinski definition) is 9. The van der Waals surface area contributed by atoms with Gasteiger partial charge in [0.1, 0.15) is 15.5 Å². The van der Waals surface area contributed by atoms with Crippen LogP contribution in [-0.4, -0.2) is 23.1 Å². The zero-order valence-corrected chi connectivity index (χ0v) is 19.3. The van der Waals surface area contributed by atoms with E-state index in [1.54, 1.807) is 29.6 Å². The second-order valence-electron chi connectivity index (χ2n) is 7.20. The van der Waals surface area contributed by atoms with Crippen LogP contribution >= 0.6 is 22.7 Å². The molecule has 5 aromatic rings. The molecule has 0 atom stereocenters. The summed E-state index contributed by atoms with van der Waals surface area (Å²) >= 11 is 1.89. The summed E-state index contributed by atoms with van der Waals surface area (Å²) in [6.07, 6.45) is -4.76. The normalized spacial score (nSPS) is 11.8. The third-order valence-electron chi connectivity index (χ3n) is 5.13. The third kappa shape index (κ3) is 3.88. The maximum atomic E-state index is 14.0. The molecule has 0 unspecified atom stereocenters. The number of ketones is 1. The lowest BCUT2D eigenvalue weighted by molar-refractivity contribution is -0.672. The Balaban J connectivity index is 1.68. The highest BCUT2D eigenvalue weighted by atomic mass is 32.1. The van der Waals surface area contributed by atoms with E-state index in [0.29, 0.717) is 27.7 Å². The van der Waals surface area contributed by atoms with Gasteiger partial charge in [-0.15, -0.1) is 22.7 Å². The van der Waals surface area contributed by atoms with Crippen LogP contribution in [0.1, 0.15) is 20.9 Å². The molecule has 0 amide bonds. The van der Waals surface area contributed by atoms with Gasteiger partial charge in [0.15, 0.2) is 5.95 Å². The lowest BCUT2D eigenvalue weighted by atomic mass is 10.1. The largest absolute Gasteiger partial charge is 0.539 e. The molecule has 0 saturated heterocycles. The molecule has 35 heavy (non-hydrogen) atoms. The fraction of sp³-hybridized carbons (Fsp3) is 0.0909. The van der Waals surface area contributed by atoms with Gasteiger partial charge in [0, 0.05) is 17.5 Å². The molecule has 4 heterocycles. The summed E-state index contributed by atoms with van der Waals surface area (Å²) < 4.78 is 52.6. The fourth-order valence-corrected chi connectivity index (χ4v) is 5.26. The number of alkyl halides is 3. The number of nitrogens with zero attached hydrogens (tertiary/aromatic N) is 3. The molecule has 8 nitrogen and oxygen atoms in total. The smallest absolute Gasteiger partial charge is 0.417 e. The predicted octanol–water partition coefficient (Wildman–Crippen LogP) is 4.20. The standard InChI is InChI=1S/C22H13F3N4O4S2/c1-32-11-6-4-10(5-7-11)29-17(21(31)33-28-29)18(30)19-16(26)15-12(22(23,24)25)9-13(27-20(15)35-19)14-3-2-8-34-14/h2-9H,1H3,(H2-,26,28,30,31). The van der Waals surface area contributed by atoms with Crippen molar-refractivity contribution in [1.29, 1.82) is 0 Å². The average Bonchev–Trinajstić information content (AvgIpc) is 3.57. The van der Waals surface area contributed by atoms with Crippen LogP contribution in [0.4, 0.5) is 18.9 Å². The van der Waals surface area contributed by atoms with Gasteiger partial charge in [-0.05, 0) is 34.3 Å². The van der Waals surface area contributed by atoms with Gasteiger partial charge in [-0.3, -0.25) is 4.79 Å². The maximum Gasteiger partial charge on any atom is 0.417 e. The van der Waals surface area contributed by atoms with Crippen molar-refractivity contribution in [3.63, 3.8) is 0 Å². The van der Waals surface area contributed by atoms with Crippen molar-refractivity contribution in [1.82, 2.24) is 10.3 Å². The predicted molar refractivity (Wildman–Crippen MR) is 120 cm³/mol. The van der Waals surface area contributed by atoms with E-state index in [0.717, 1.165) is 10.7 Å². The van der Waals surface area contributed by atoms with E-state index in [1.165, 1.54) is 30.6 Å². The number of anilines is 1. The van der Waals surface area contributed by atoms with Gasteiger partial charge in [0.25, 0.3) is 5.78 Å². The molecule has 0 bridgehead atoms. The first-order chi connectivity index (χ1) is 16.7. The van der Waals surface area contributed by atoms with Crippen molar-refractivity contribution in [2.75, 3.05) is 12.8 Å². The maximum absolute atomic E-state index is 14.0. The monoisotopic (exact) mass is 518 g/mol. The molecule has 0 radical (unpaired) electrons. The Kier molecular flexibility index (Phi) is 5.44. The van der Waals surface area contributed by atoms with Gasteiger partial charge in [0.05, 0.1) is 34.2 Å². The van der Waals surface area contributed by atoms with Crippen LogP contribution in [0.25, 0.3) is 26.5 Å². The van der Waals surface area contributed by atoms with E-state index in [2.05, 4.69) is 14.8 Å². The molecule has 178 valence electrons. The zero-order valence-electron chi connectivity index (χ0n) is 17.6. The van der Waals surface area contributed by atoms with Crippen LogP contribution in [0, 0.1) is 0 Å². The number of rotatable bonds is 5. The Morgan fingerprint density at radius 2 is 1.97 bits per heavy atom. The molecule has 2 N–H and O–H groups in total. The number of benzene rings is 1. The van der Waals surface area contributed by atoms with E-state index < -0.39 is 40.2 Å². The van der Waals surface area contributed by atoms with Gasteiger partial charge in [-0.1, -0.05) is 6.07 Å². The molecular weight excluding hydrogens is 505 g/mol. The summed E-state index contributed by atoms with van der Waals surface area (Å²) in [5, 5.41) is 17.3. The fourth-order valence-electron chi connectivity index (χ4n) is 3.51. The van der Waals surface area contributed by atoms with E-state index in [1.807, 2.05) is 0 Å². The molecule has 0 spiro atoms. The molecule has 0 aliphatic rings. The summed E-state index contributed by atoms with van der Waals surface area (Å²) in [4.78, 5) is 17.9. The quantitative estimate of drug-likeness (QED) is 0.274. The number of carbonyl (C=O) groups excluding carboxylic acids is 1. The number of halogens is 3. The topological polar surface area (TPSA) is 118 Å². The first-order valence-electron chi connectivity index (χ1n) is 9.81. The van der Waals surface area contributed by atoms with Gasteiger partial charge >= 0.3 is 11.9 Å². The highest BCUT2D eigenvalue weighted by molar-refractivity contribution is 7.21. The lowest BCUT2D eigenvalue weighted by Crippen LogP contribution is -2.39. The number of fused-ring (bicyclic) bond motifs is 1. The summed E-state index contributed by atoms with van der Waals surface area (Å²) in [7, 11) is 1.47.